The third kappa shape index (κ3) is 5.62. The third-order valence-electron chi connectivity index (χ3n) is 3.21. The van der Waals surface area contributed by atoms with Gasteiger partial charge in [0.15, 0.2) is 0 Å². The summed E-state index contributed by atoms with van der Waals surface area (Å²) in [7, 11) is 0. The molecule has 0 aliphatic heterocycles. The van der Waals surface area contributed by atoms with Crippen molar-refractivity contribution in [2.24, 2.45) is 5.73 Å². The zero-order chi connectivity index (χ0) is 17.2. The zero-order valence-electron chi connectivity index (χ0n) is 13.1. The van der Waals surface area contributed by atoms with E-state index in [2.05, 4.69) is 9.97 Å². The van der Waals surface area contributed by atoms with Gasteiger partial charge in [0.2, 0.25) is 0 Å². The zero-order valence-corrected chi connectivity index (χ0v) is 13.1. The van der Waals surface area contributed by atoms with Gasteiger partial charge in [-0.15, -0.1) is 0 Å². The molecule has 0 spiro atoms. The van der Waals surface area contributed by atoms with E-state index >= 15 is 0 Å². The number of nitrogens with two attached hydrogens (primary N) is 1. The number of nitrogens with zero attached hydrogens (tertiary/aromatic N) is 2. The topological polar surface area (TPSA) is 89.1 Å². The number of carboxylic acids is 1. The molecule has 2 aromatic heterocycles. The Kier molecular flexibility index (Phi) is 6.61. The Labute approximate surface area is 140 Å². The molecule has 3 aromatic rings. The lowest BCUT2D eigenvalue weighted by atomic mass is 10.1. The lowest BCUT2D eigenvalue weighted by Crippen LogP contribution is -2.32. The summed E-state index contributed by atoms with van der Waals surface area (Å²) in [4.78, 5) is 18.8. The minimum absolute atomic E-state index is 0.385. The van der Waals surface area contributed by atoms with Gasteiger partial charge in [-0.05, 0) is 36.2 Å². The second-order valence-electron chi connectivity index (χ2n) is 5.06. The summed E-state index contributed by atoms with van der Waals surface area (Å²) in [6.07, 6.45) is 3.92. The first-order chi connectivity index (χ1) is 11.7. The van der Waals surface area contributed by atoms with Gasteiger partial charge in [0.25, 0.3) is 0 Å². The highest BCUT2D eigenvalue weighted by Crippen LogP contribution is 2.10. The van der Waals surface area contributed by atoms with Crippen LogP contribution in [0.1, 0.15) is 5.56 Å². The van der Waals surface area contributed by atoms with Crippen LogP contribution in [0.2, 0.25) is 0 Å². The van der Waals surface area contributed by atoms with Crippen LogP contribution in [0.3, 0.4) is 0 Å². The van der Waals surface area contributed by atoms with Crippen LogP contribution < -0.4 is 5.73 Å². The van der Waals surface area contributed by atoms with Crippen LogP contribution in [-0.2, 0) is 11.2 Å². The van der Waals surface area contributed by atoms with Gasteiger partial charge in [0.05, 0.1) is 11.4 Å². The molecular weight excluding hydrogens is 302 g/mol. The molecule has 1 aromatic carbocycles. The Morgan fingerprint density at radius 2 is 1.38 bits per heavy atom. The lowest BCUT2D eigenvalue weighted by Gasteiger charge is -2.04. The van der Waals surface area contributed by atoms with Gasteiger partial charge in [-0.2, -0.15) is 0 Å². The molecular formula is C19H19N3O2. The van der Waals surface area contributed by atoms with Crippen molar-refractivity contribution in [1.29, 1.82) is 0 Å². The number of rotatable bonds is 4. The summed E-state index contributed by atoms with van der Waals surface area (Å²) in [5, 5.41) is 8.52. The Balaban J connectivity index is 0.000000174. The summed E-state index contributed by atoms with van der Waals surface area (Å²) < 4.78 is 0. The van der Waals surface area contributed by atoms with E-state index < -0.39 is 12.0 Å². The fraction of sp³-hybridized carbons (Fsp3) is 0.105. The number of aliphatic carboxylic acids is 1. The number of hydrogen-bond acceptors (Lipinski definition) is 4. The molecule has 0 fully saturated rings. The number of carbonyl (C=O) groups is 1. The van der Waals surface area contributed by atoms with Gasteiger partial charge >= 0.3 is 5.97 Å². The Morgan fingerprint density at radius 3 is 1.79 bits per heavy atom. The lowest BCUT2D eigenvalue weighted by molar-refractivity contribution is -0.138. The maximum atomic E-state index is 10.4. The van der Waals surface area contributed by atoms with Gasteiger partial charge in [0.1, 0.15) is 6.04 Å². The molecule has 5 nitrogen and oxygen atoms in total. The van der Waals surface area contributed by atoms with E-state index in [1.807, 2.05) is 66.7 Å². The number of hydrogen-bond donors (Lipinski definition) is 2. The van der Waals surface area contributed by atoms with E-state index in [4.69, 9.17) is 10.8 Å². The van der Waals surface area contributed by atoms with Crippen LogP contribution in [0.25, 0.3) is 11.4 Å². The van der Waals surface area contributed by atoms with Gasteiger partial charge in [-0.3, -0.25) is 14.8 Å². The largest absolute Gasteiger partial charge is 0.480 e. The molecule has 122 valence electrons. The number of carboxylic acid groups (broad SMARTS) is 1. The standard InChI is InChI=1S/C10H8N2.C9H11NO2/c1-3-7-11-9(5-1)10-6-2-4-8-12-10;10-8(9(11)12)6-7-4-2-1-3-5-7/h1-8H;1-5,8H,6,10H2,(H,11,12). The van der Waals surface area contributed by atoms with Crippen molar-refractivity contribution in [3.8, 4) is 11.4 Å². The van der Waals surface area contributed by atoms with E-state index in [1.54, 1.807) is 12.4 Å². The molecule has 0 saturated carbocycles. The molecule has 0 aliphatic carbocycles. The van der Waals surface area contributed by atoms with Crippen molar-refractivity contribution in [1.82, 2.24) is 9.97 Å². The molecule has 2 heterocycles. The van der Waals surface area contributed by atoms with Crippen LogP contribution in [-0.4, -0.2) is 27.1 Å². The molecule has 0 radical (unpaired) electrons. The van der Waals surface area contributed by atoms with E-state index in [-0.39, 0.29) is 0 Å². The molecule has 1 atom stereocenters. The number of aromatic nitrogens is 2. The molecule has 0 aliphatic rings. The maximum Gasteiger partial charge on any atom is 0.320 e. The van der Waals surface area contributed by atoms with E-state index in [1.165, 1.54) is 0 Å². The second-order valence-corrected chi connectivity index (χ2v) is 5.06. The van der Waals surface area contributed by atoms with Crippen LogP contribution in [0.5, 0.6) is 0 Å². The summed E-state index contributed by atoms with van der Waals surface area (Å²) in [5.74, 6) is -0.959. The molecule has 24 heavy (non-hydrogen) atoms. The molecule has 0 bridgehead atoms. The Hall–Kier alpha value is -3.05. The van der Waals surface area contributed by atoms with Crippen molar-refractivity contribution in [2.45, 2.75) is 12.5 Å². The summed E-state index contributed by atoms with van der Waals surface area (Å²) >= 11 is 0. The van der Waals surface area contributed by atoms with Crippen molar-refractivity contribution in [3.05, 3.63) is 84.7 Å². The predicted molar refractivity (Wildman–Crippen MR) is 93.2 cm³/mol. The molecule has 3 rings (SSSR count). The third-order valence-corrected chi connectivity index (χ3v) is 3.21. The van der Waals surface area contributed by atoms with E-state index in [0.29, 0.717) is 6.42 Å². The number of benzene rings is 1. The van der Waals surface area contributed by atoms with Crippen LogP contribution in [0, 0.1) is 0 Å². The quantitative estimate of drug-likeness (QED) is 0.771. The Morgan fingerprint density at radius 1 is 0.875 bits per heavy atom. The van der Waals surface area contributed by atoms with Crippen molar-refractivity contribution in [2.75, 3.05) is 0 Å². The van der Waals surface area contributed by atoms with E-state index in [0.717, 1.165) is 17.0 Å². The monoisotopic (exact) mass is 321 g/mol. The highest BCUT2D eigenvalue weighted by atomic mass is 16.4. The first-order valence-corrected chi connectivity index (χ1v) is 7.51. The fourth-order valence-corrected chi connectivity index (χ4v) is 1.98. The van der Waals surface area contributed by atoms with Crippen molar-refractivity contribution in [3.63, 3.8) is 0 Å². The molecule has 3 N–H and O–H groups in total. The van der Waals surface area contributed by atoms with Crippen LogP contribution in [0.4, 0.5) is 0 Å². The van der Waals surface area contributed by atoms with Crippen molar-refractivity contribution < 1.29 is 9.90 Å². The SMILES string of the molecule is NC(Cc1ccccc1)C(=O)O.c1ccc(-c2ccccn2)nc1. The summed E-state index contributed by atoms with van der Waals surface area (Å²) in [6.45, 7) is 0. The highest BCUT2D eigenvalue weighted by Gasteiger charge is 2.10. The normalized spacial score (nSPS) is 11.0. The average Bonchev–Trinajstić information content (AvgIpc) is 2.64. The minimum Gasteiger partial charge on any atom is -0.480 e. The fourth-order valence-electron chi connectivity index (χ4n) is 1.98. The summed E-state index contributed by atoms with van der Waals surface area (Å²) in [5.41, 5.74) is 8.13. The second kappa shape index (κ2) is 9.17. The first kappa shape index (κ1) is 17.3. The molecule has 5 heteroatoms. The smallest absolute Gasteiger partial charge is 0.320 e. The van der Waals surface area contributed by atoms with Gasteiger partial charge in [-0.25, -0.2) is 0 Å². The molecule has 0 saturated heterocycles. The van der Waals surface area contributed by atoms with E-state index in [9.17, 15) is 4.79 Å². The Bertz CT molecular complexity index is 697. The highest BCUT2D eigenvalue weighted by molar-refractivity contribution is 5.73. The van der Waals surface area contributed by atoms with Crippen LogP contribution in [0.15, 0.2) is 79.1 Å². The predicted octanol–water partition coefficient (Wildman–Crippen LogP) is 2.78. The average molecular weight is 321 g/mol. The van der Waals surface area contributed by atoms with Gasteiger partial charge in [0, 0.05) is 12.4 Å². The van der Waals surface area contributed by atoms with Crippen molar-refractivity contribution >= 4 is 5.97 Å². The first-order valence-electron chi connectivity index (χ1n) is 7.51. The van der Waals surface area contributed by atoms with Crippen LogP contribution >= 0.6 is 0 Å². The summed E-state index contributed by atoms with van der Waals surface area (Å²) in [6, 6.07) is 20.1. The molecule has 0 amide bonds. The molecule has 1 unspecified atom stereocenters. The minimum atomic E-state index is -0.959. The maximum absolute atomic E-state index is 10.4. The van der Waals surface area contributed by atoms with Gasteiger partial charge in [-0.1, -0.05) is 42.5 Å². The van der Waals surface area contributed by atoms with Gasteiger partial charge < -0.3 is 10.8 Å². The number of pyridine rings is 2.